The predicted molar refractivity (Wildman–Crippen MR) is 6.41 cm³/mol. The molecule has 0 N–H and O–H groups in total. The minimum atomic E-state index is 0. The summed E-state index contributed by atoms with van der Waals surface area (Å²) in [6, 6.07) is 0. The molecule has 28 heteroatoms. The summed E-state index contributed by atoms with van der Waals surface area (Å²) < 4.78 is 0. The first-order valence-corrected chi connectivity index (χ1v) is 0. The van der Waals surface area contributed by atoms with Gasteiger partial charge in [-0.15, -0.1) is 0 Å². The Kier molecular flexibility index (Phi) is 1620. The van der Waals surface area contributed by atoms with Crippen molar-refractivity contribution in [3.63, 3.8) is 0 Å². The van der Waals surface area contributed by atoms with Gasteiger partial charge in [0.1, 0.15) is 0 Å². The van der Waals surface area contributed by atoms with Gasteiger partial charge in [0.2, 0.25) is 0 Å². The normalized spacial score (nSPS) is 0. The third-order valence-corrected chi connectivity index (χ3v) is 0. The molecule has 0 aromatic carbocycles. The molecule has 0 saturated carbocycles. The summed E-state index contributed by atoms with van der Waals surface area (Å²) in [5.74, 6) is 0. The van der Waals surface area contributed by atoms with Gasteiger partial charge in [-0.25, -0.2) is 0 Å². The Labute approximate surface area is 845 Å². The van der Waals surface area contributed by atoms with E-state index in [0.29, 0.717) is 0 Å². The maximum atomic E-state index is 0. The molecule has 0 fully saturated rings. The number of hydrogen-bond acceptors (Lipinski definition) is 0. The van der Waals surface area contributed by atoms with Crippen LogP contribution in [0.15, 0.2) is 0 Å². The Morgan fingerprint density at radius 1 is 0.0690 bits per heavy atom. The quantitative estimate of drug-likeness (QED) is 0.310. The molecule has 120 valence electrons. The Balaban J connectivity index is 0. The van der Waals surface area contributed by atoms with Crippen LogP contribution in [-0.2, 0) is 0 Å². The molecule has 0 saturated heterocycles. The van der Waals surface area contributed by atoms with Crippen molar-refractivity contribution in [2.45, 2.75) is 0 Å². The van der Waals surface area contributed by atoms with Crippen molar-refractivity contribution in [3.05, 3.63) is 7.43 Å². The van der Waals surface area contributed by atoms with Crippen molar-refractivity contribution in [2.75, 3.05) is 0 Å². The molecule has 0 aromatic heterocycles. The topological polar surface area (TPSA) is 0 Å². The summed E-state index contributed by atoms with van der Waals surface area (Å²) in [6.45, 7) is 0. The first kappa shape index (κ1) is 222. The second kappa shape index (κ2) is 211. The van der Waals surface area contributed by atoms with E-state index in [0.717, 1.165) is 0 Å². The molecule has 0 heterocycles. The molecule has 0 radical (unpaired) electrons. The Hall–Kier alpha value is 29.5. The van der Waals surface area contributed by atoms with Gasteiger partial charge in [-0.2, -0.15) is 0 Å². The maximum absolute atomic E-state index is 0. The second-order valence-corrected chi connectivity index (χ2v) is 0. The van der Waals surface area contributed by atoms with Crippen molar-refractivity contribution in [2.24, 2.45) is 0 Å². The molecular weight excluding hydrogens is 6680 g/mol. The largest absolute Gasteiger partial charge is 0.358 e. The van der Waals surface area contributed by atoms with Crippen LogP contribution in [0.25, 0.3) is 0 Å². The van der Waals surface area contributed by atoms with Gasteiger partial charge in [-0.1, -0.05) is 0 Å². The molecule has 0 rings (SSSR count). The van der Waals surface area contributed by atoms with Crippen LogP contribution in [0.5, 0.6) is 0 Å². The van der Waals surface area contributed by atoms with Crippen LogP contribution in [0, 0.1) is 879 Å². The van der Waals surface area contributed by atoms with Gasteiger partial charge < -0.3 is 7.43 Å². The van der Waals surface area contributed by atoms with Gasteiger partial charge in [0.05, 0.1) is 0 Å². The van der Waals surface area contributed by atoms with E-state index < -0.39 is 0 Å². The summed E-state index contributed by atoms with van der Waals surface area (Å²) in [5, 5.41) is 0. The molecule has 29 heavy (non-hydrogen) atoms. The maximum Gasteiger partial charge on any atom is 0 e. The second-order valence-electron chi connectivity index (χ2n) is 0. The minimum Gasteiger partial charge on any atom is -0.358 e. The minimum absolute atomic E-state index is 0. The van der Waals surface area contributed by atoms with E-state index >= 15 is 0 Å². The average Bonchev–Trinajstić information content (AvgIpc) is 0. The molecule has 0 nitrogen and oxygen atoms in total. The van der Waals surface area contributed by atoms with Crippen molar-refractivity contribution < 1.29 is 871 Å². The molecule has 0 spiro atoms. The number of rotatable bonds is 0. The van der Waals surface area contributed by atoms with E-state index in [9.17, 15) is 0 Å². The molecule has 0 aromatic rings. The first-order chi connectivity index (χ1) is 0. The van der Waals surface area contributed by atoms with Crippen LogP contribution in [0.4, 0.5) is 0 Å². The van der Waals surface area contributed by atoms with Crippen LogP contribution >= 0.6 is 0 Å². The van der Waals surface area contributed by atoms with Gasteiger partial charge in [-0.3, -0.25) is 0 Å². The number of hydrogen-bond donors (Lipinski definition) is 0. The molecule has 0 amide bonds. The molecule has 0 unspecified atom stereocenters. The fraction of sp³-hybridized carbons (Fsp3) is 0. The zero-order valence-corrected chi connectivity index (χ0v) is 132. The van der Waals surface area contributed by atoms with Crippen LogP contribution in [-0.4, -0.2) is 0 Å². The van der Waals surface area contributed by atoms with Crippen LogP contribution in [0.2, 0.25) is 0 Å². The Bertz CT molecular complexity index is 6.28. The predicted octanol–water partition coefficient (Wildman–Crippen LogP) is 0.450. The van der Waals surface area contributed by atoms with Crippen molar-refractivity contribution in [3.8, 4) is 0 Å². The monoisotopic (exact) mass is 6680 g/mol. The zero-order valence-electron chi connectivity index (χ0n) is 15.0. The average molecular weight is 6680 g/mol. The van der Waals surface area contributed by atoms with E-state index in [1.165, 1.54) is 0 Å². The van der Waals surface area contributed by atoms with Crippen molar-refractivity contribution in [1.82, 2.24) is 0 Å². The Morgan fingerprint density at radius 3 is 0.0690 bits per heavy atom. The molecule has 0 atom stereocenters. The van der Waals surface area contributed by atoms with Crippen LogP contribution in [0.1, 0.15) is 0 Å². The van der Waals surface area contributed by atoms with E-state index in [1.54, 1.807) is 0 Å². The van der Waals surface area contributed by atoms with E-state index in [2.05, 4.69) is 0 Å². The van der Waals surface area contributed by atoms with Crippen LogP contribution < -0.4 is 0 Å². The van der Waals surface area contributed by atoms with Gasteiger partial charge in [0.15, 0.2) is 0 Å². The Morgan fingerprint density at radius 2 is 0.0690 bits per heavy atom. The third-order valence-electron chi connectivity index (χ3n) is 0. The molecular formula is CH3U28-. The van der Waals surface area contributed by atoms with Crippen LogP contribution in [0.3, 0.4) is 0 Å². The van der Waals surface area contributed by atoms with Gasteiger partial charge >= 0.3 is 0 Å². The van der Waals surface area contributed by atoms with Gasteiger partial charge in [0, 0.05) is 871 Å². The standard InChI is InChI=1S/CH3.28U/h1H3;;;;;;;;;;;;;;;;;;;;;;;;;;;;/q-1;;;;;;;;;;;;;;;;;;;;;;;;;;;;. The van der Waals surface area contributed by atoms with E-state index in [4.69, 9.17) is 0 Å². The fourth-order valence-corrected chi connectivity index (χ4v) is 0. The summed E-state index contributed by atoms with van der Waals surface area (Å²) in [6.07, 6.45) is 0. The molecule has 0 aliphatic carbocycles. The summed E-state index contributed by atoms with van der Waals surface area (Å²) in [5.41, 5.74) is 0. The summed E-state index contributed by atoms with van der Waals surface area (Å²) in [4.78, 5) is 0. The SMILES string of the molecule is [CH3-].[U].[U].[U].[U].[U].[U].[U].[U].[U].[U].[U].[U].[U].[U].[U].[U].[U].[U].[U].[U].[U].[U].[U].[U].[U].[U].[U].[U]. The summed E-state index contributed by atoms with van der Waals surface area (Å²) in [7, 11) is 0. The molecule has 0 aliphatic heterocycles. The molecule has 0 aliphatic rings. The van der Waals surface area contributed by atoms with E-state index in [-0.39, 0.29) is 879 Å². The first-order valence-electron chi connectivity index (χ1n) is 0. The van der Waals surface area contributed by atoms with Crippen molar-refractivity contribution >= 4 is 0 Å². The van der Waals surface area contributed by atoms with E-state index in [1.807, 2.05) is 0 Å². The van der Waals surface area contributed by atoms with Crippen molar-refractivity contribution in [1.29, 1.82) is 0 Å². The fourth-order valence-electron chi connectivity index (χ4n) is 0. The van der Waals surface area contributed by atoms with Gasteiger partial charge in [0.25, 0.3) is 0 Å². The third kappa shape index (κ3) is 204. The zero-order chi connectivity index (χ0) is 0. The smallest absolute Gasteiger partial charge is 0 e. The summed E-state index contributed by atoms with van der Waals surface area (Å²) >= 11 is 0. The molecule has 0 bridgehead atoms. The van der Waals surface area contributed by atoms with Gasteiger partial charge in [-0.05, 0) is 0 Å².